The van der Waals surface area contributed by atoms with E-state index in [2.05, 4.69) is 16.6 Å². The van der Waals surface area contributed by atoms with Crippen molar-refractivity contribution in [2.45, 2.75) is 39.7 Å². The van der Waals surface area contributed by atoms with Crippen LogP contribution in [-0.2, 0) is 23.0 Å². The van der Waals surface area contributed by atoms with E-state index < -0.39 is 15.9 Å². The van der Waals surface area contributed by atoms with Crippen LogP contribution in [0.25, 0.3) is 10.1 Å². The van der Waals surface area contributed by atoms with Crippen molar-refractivity contribution in [1.82, 2.24) is 14.3 Å². The molecule has 0 aliphatic carbocycles. The Morgan fingerprint density at radius 1 is 1.28 bits per heavy atom. The molecule has 3 aromatic rings. The number of nitrogens with one attached hydrogen (secondary N) is 1. The van der Waals surface area contributed by atoms with Gasteiger partial charge < -0.3 is 4.57 Å². The van der Waals surface area contributed by atoms with Crippen molar-refractivity contribution in [3.63, 3.8) is 0 Å². The molecule has 6 nitrogen and oxygen atoms in total. The summed E-state index contributed by atoms with van der Waals surface area (Å²) in [6.07, 6.45) is 2.44. The summed E-state index contributed by atoms with van der Waals surface area (Å²) in [5.74, 6) is -0.349. The van der Waals surface area contributed by atoms with Gasteiger partial charge in [-0.1, -0.05) is 42.6 Å². The molecule has 2 aromatic heterocycles. The lowest BCUT2D eigenvalue weighted by Crippen LogP contribution is -2.33. The molecule has 0 spiro atoms. The van der Waals surface area contributed by atoms with Crippen molar-refractivity contribution in [3.8, 4) is 0 Å². The predicted molar refractivity (Wildman–Crippen MR) is 119 cm³/mol. The number of nitrogens with zero attached hydrogens (tertiary/aromatic N) is 2. The number of aromatic nitrogens is 2. The third-order valence-electron chi connectivity index (χ3n) is 4.55. The number of hydrogen-bond donors (Lipinski definition) is 1. The zero-order valence-corrected chi connectivity index (χ0v) is 19.2. The monoisotopic (exact) mass is 473 g/mol. The second-order valence-corrected chi connectivity index (χ2v) is 10.3. The zero-order chi connectivity index (χ0) is 21.2. The Labute approximate surface area is 183 Å². The number of rotatable bonds is 8. The molecule has 0 saturated heterocycles. The van der Waals surface area contributed by atoms with E-state index in [9.17, 15) is 13.2 Å². The average molecular weight is 474 g/mol. The molecule has 0 bridgehead atoms. The van der Waals surface area contributed by atoms with Gasteiger partial charge in [0.15, 0.2) is 5.15 Å². The Morgan fingerprint density at radius 3 is 2.72 bits per heavy atom. The van der Waals surface area contributed by atoms with E-state index >= 15 is 0 Å². The van der Waals surface area contributed by atoms with Gasteiger partial charge in [0.1, 0.15) is 11.5 Å². The van der Waals surface area contributed by atoms with Gasteiger partial charge >= 0.3 is 0 Å². The lowest BCUT2D eigenvalue weighted by atomic mass is 10.1. The second-order valence-electron chi connectivity index (χ2n) is 6.57. The van der Waals surface area contributed by atoms with Crippen molar-refractivity contribution in [2.75, 3.05) is 5.75 Å². The fourth-order valence-corrected chi connectivity index (χ4v) is 5.17. The number of imidazole rings is 1. The maximum Gasteiger partial charge on any atom is 0.284 e. The van der Waals surface area contributed by atoms with Gasteiger partial charge in [0.25, 0.3) is 5.91 Å². The minimum Gasteiger partial charge on any atom is -0.318 e. The SMILES string of the molecule is CCCCc1nc(Cl)c(C(=O)NS(=O)(=O)CC)n1Cc1csc2cccc(Cl)c12. The van der Waals surface area contributed by atoms with E-state index in [0.29, 0.717) is 23.8 Å². The number of benzene rings is 1. The van der Waals surface area contributed by atoms with Crippen molar-refractivity contribution in [1.29, 1.82) is 0 Å². The topological polar surface area (TPSA) is 81.1 Å². The van der Waals surface area contributed by atoms with E-state index in [4.69, 9.17) is 23.2 Å². The normalized spacial score (nSPS) is 11.9. The first-order valence-corrected chi connectivity index (χ1v) is 12.5. The molecule has 10 heteroatoms. The van der Waals surface area contributed by atoms with E-state index in [-0.39, 0.29) is 16.6 Å². The average Bonchev–Trinajstić information content (AvgIpc) is 3.22. The Balaban J connectivity index is 2.08. The molecule has 1 amide bonds. The van der Waals surface area contributed by atoms with Crippen molar-refractivity contribution in [3.05, 3.63) is 50.8 Å². The molecule has 0 radical (unpaired) electrons. The minimum absolute atomic E-state index is 0.00876. The fraction of sp³-hybridized carbons (Fsp3) is 0.368. The number of amides is 1. The summed E-state index contributed by atoms with van der Waals surface area (Å²) in [7, 11) is -3.73. The summed E-state index contributed by atoms with van der Waals surface area (Å²) in [4.78, 5) is 17.1. The van der Waals surface area contributed by atoms with Crippen LogP contribution in [0.4, 0.5) is 0 Å². The number of carbonyl (C=O) groups is 1. The molecule has 2 heterocycles. The van der Waals surface area contributed by atoms with Crippen LogP contribution >= 0.6 is 34.5 Å². The largest absolute Gasteiger partial charge is 0.318 e. The number of thiophene rings is 1. The molecule has 0 fully saturated rings. The van der Waals surface area contributed by atoms with Crippen LogP contribution in [0.2, 0.25) is 10.2 Å². The molecule has 156 valence electrons. The standard InChI is InChI=1S/C19H21Cl2N3O3S2/c1-3-5-9-15-22-18(21)17(19(25)23-29(26,27)4-2)24(15)10-12-11-28-14-8-6-7-13(20)16(12)14/h6-8,11H,3-5,9-10H2,1-2H3,(H,23,25). The fourth-order valence-electron chi connectivity index (χ4n) is 3.04. The molecule has 0 atom stereocenters. The first-order chi connectivity index (χ1) is 13.8. The van der Waals surface area contributed by atoms with Crippen LogP contribution in [0.15, 0.2) is 23.6 Å². The quantitative estimate of drug-likeness (QED) is 0.505. The summed E-state index contributed by atoms with van der Waals surface area (Å²) in [6, 6.07) is 5.69. The van der Waals surface area contributed by atoms with Gasteiger partial charge in [-0.15, -0.1) is 11.3 Å². The van der Waals surface area contributed by atoms with Gasteiger partial charge in [-0.3, -0.25) is 4.79 Å². The highest BCUT2D eigenvalue weighted by Gasteiger charge is 2.25. The molecule has 1 N–H and O–H groups in total. The predicted octanol–water partition coefficient (Wildman–Crippen LogP) is 4.88. The van der Waals surface area contributed by atoms with E-state index in [1.807, 2.05) is 23.6 Å². The Kier molecular flexibility index (Phi) is 6.88. The van der Waals surface area contributed by atoms with Crippen LogP contribution < -0.4 is 4.72 Å². The van der Waals surface area contributed by atoms with Gasteiger partial charge in [0, 0.05) is 21.5 Å². The first kappa shape index (κ1) is 22.1. The highest BCUT2D eigenvalue weighted by Crippen LogP contribution is 2.33. The number of unbranched alkanes of at least 4 members (excludes halogenated alkanes) is 1. The van der Waals surface area contributed by atoms with Crippen LogP contribution in [-0.4, -0.2) is 29.6 Å². The molecule has 0 unspecified atom stereocenters. The van der Waals surface area contributed by atoms with Gasteiger partial charge in [-0.05, 0) is 36.4 Å². The van der Waals surface area contributed by atoms with Crippen LogP contribution in [0.1, 0.15) is 48.6 Å². The third-order valence-corrected chi connectivity index (χ3v) is 7.39. The minimum atomic E-state index is -3.73. The number of halogens is 2. The van der Waals surface area contributed by atoms with Crippen LogP contribution in [0.5, 0.6) is 0 Å². The number of fused-ring (bicyclic) bond motifs is 1. The summed E-state index contributed by atoms with van der Waals surface area (Å²) < 4.78 is 28.6. The molecule has 0 aliphatic heterocycles. The second kappa shape index (κ2) is 9.04. The van der Waals surface area contributed by atoms with Crippen LogP contribution in [0.3, 0.4) is 0 Å². The van der Waals surface area contributed by atoms with E-state index in [0.717, 1.165) is 28.5 Å². The van der Waals surface area contributed by atoms with Gasteiger partial charge in [-0.2, -0.15) is 0 Å². The highest BCUT2D eigenvalue weighted by molar-refractivity contribution is 7.90. The Bertz CT molecular complexity index is 1150. The summed E-state index contributed by atoms with van der Waals surface area (Å²) in [5, 5.41) is 3.52. The van der Waals surface area contributed by atoms with Gasteiger partial charge in [0.05, 0.1) is 12.3 Å². The lowest BCUT2D eigenvalue weighted by Gasteiger charge is -2.12. The van der Waals surface area contributed by atoms with Crippen LogP contribution in [0, 0.1) is 0 Å². The Morgan fingerprint density at radius 2 is 2.03 bits per heavy atom. The van der Waals surface area contributed by atoms with E-state index in [1.165, 1.54) is 6.92 Å². The maximum absolute atomic E-state index is 12.7. The van der Waals surface area contributed by atoms with Gasteiger partial charge in [0.2, 0.25) is 10.0 Å². The Hall–Kier alpha value is -1.61. The molecular weight excluding hydrogens is 453 g/mol. The van der Waals surface area contributed by atoms with Crippen molar-refractivity contribution < 1.29 is 13.2 Å². The smallest absolute Gasteiger partial charge is 0.284 e. The van der Waals surface area contributed by atoms with Crippen molar-refractivity contribution >= 4 is 60.6 Å². The summed E-state index contributed by atoms with van der Waals surface area (Å²) >= 11 is 14.2. The van der Waals surface area contributed by atoms with Crippen molar-refractivity contribution in [2.24, 2.45) is 0 Å². The number of hydrogen-bond acceptors (Lipinski definition) is 5. The molecule has 29 heavy (non-hydrogen) atoms. The first-order valence-electron chi connectivity index (χ1n) is 9.21. The summed E-state index contributed by atoms with van der Waals surface area (Å²) in [5.41, 5.74) is 0.969. The van der Waals surface area contributed by atoms with Gasteiger partial charge in [-0.25, -0.2) is 18.1 Å². The maximum atomic E-state index is 12.7. The molecule has 0 saturated carbocycles. The lowest BCUT2D eigenvalue weighted by molar-refractivity contribution is 0.0972. The third kappa shape index (κ3) is 4.77. The van der Waals surface area contributed by atoms with E-state index in [1.54, 1.807) is 15.9 Å². The highest BCUT2D eigenvalue weighted by atomic mass is 35.5. The molecular formula is C19H21Cl2N3O3S2. The number of sulfonamides is 1. The molecule has 0 aliphatic rings. The number of aryl methyl sites for hydroxylation is 1. The number of carbonyl (C=O) groups excluding carboxylic acids is 1. The molecule has 1 aromatic carbocycles. The molecule has 3 rings (SSSR count). The summed E-state index contributed by atoms with van der Waals surface area (Å²) in [6.45, 7) is 3.83. The zero-order valence-electron chi connectivity index (χ0n) is 16.0.